The summed E-state index contributed by atoms with van der Waals surface area (Å²) >= 11 is 0. The zero-order valence-corrected chi connectivity index (χ0v) is 10.0. The Balaban J connectivity index is 1.92. The van der Waals surface area contributed by atoms with Crippen LogP contribution in [0.2, 0.25) is 0 Å². The Morgan fingerprint density at radius 1 is 1.50 bits per heavy atom. The van der Waals surface area contributed by atoms with E-state index < -0.39 is 0 Å². The zero-order chi connectivity index (χ0) is 12.7. The van der Waals surface area contributed by atoms with Crippen molar-refractivity contribution in [2.75, 3.05) is 18.0 Å². The summed E-state index contributed by atoms with van der Waals surface area (Å²) < 4.78 is 18.6. The van der Waals surface area contributed by atoms with E-state index in [0.29, 0.717) is 36.6 Å². The molecule has 3 rings (SSSR count). The van der Waals surface area contributed by atoms with Gasteiger partial charge in [-0.1, -0.05) is 6.92 Å². The molecular formula is C13H13FN2O2. The first-order chi connectivity index (χ1) is 8.63. The average molecular weight is 248 g/mol. The van der Waals surface area contributed by atoms with Crippen LogP contribution in [0.3, 0.4) is 0 Å². The molecule has 18 heavy (non-hydrogen) atoms. The number of nitrogens with zero attached hydrogens (tertiary/aromatic N) is 2. The highest BCUT2D eigenvalue weighted by Crippen LogP contribution is 2.25. The minimum absolute atomic E-state index is 0.00880. The molecule has 5 heteroatoms. The third-order valence-corrected chi connectivity index (χ3v) is 3.28. The van der Waals surface area contributed by atoms with E-state index in [4.69, 9.17) is 4.42 Å². The molecule has 2 aromatic rings. The molecule has 4 nitrogen and oxygen atoms in total. The number of aromatic nitrogens is 1. The van der Waals surface area contributed by atoms with Gasteiger partial charge in [0.15, 0.2) is 5.58 Å². The standard InChI is InChI=1S/C13H13FN2O2/c1-8-7-16(5-4-11(8)17)13-15-10-6-9(14)2-3-12(10)18-13/h2-3,6,8H,4-5,7H2,1H3. The van der Waals surface area contributed by atoms with Crippen LogP contribution in [-0.2, 0) is 4.79 Å². The lowest BCUT2D eigenvalue weighted by Crippen LogP contribution is -2.39. The van der Waals surface area contributed by atoms with Crippen molar-refractivity contribution in [1.82, 2.24) is 4.98 Å². The number of rotatable bonds is 1. The van der Waals surface area contributed by atoms with Gasteiger partial charge in [0.2, 0.25) is 0 Å². The van der Waals surface area contributed by atoms with Gasteiger partial charge < -0.3 is 9.32 Å². The fourth-order valence-corrected chi connectivity index (χ4v) is 2.21. The van der Waals surface area contributed by atoms with Gasteiger partial charge in [-0.05, 0) is 12.1 Å². The molecule has 0 saturated carbocycles. The summed E-state index contributed by atoms with van der Waals surface area (Å²) in [6.07, 6.45) is 0.508. The molecule has 1 atom stereocenters. The lowest BCUT2D eigenvalue weighted by Gasteiger charge is -2.28. The van der Waals surface area contributed by atoms with Crippen LogP contribution >= 0.6 is 0 Å². The number of carbonyl (C=O) groups is 1. The molecule has 0 N–H and O–H groups in total. The van der Waals surface area contributed by atoms with E-state index in [0.717, 1.165) is 0 Å². The molecule has 0 amide bonds. The van der Waals surface area contributed by atoms with Crippen molar-refractivity contribution < 1.29 is 13.6 Å². The van der Waals surface area contributed by atoms with Gasteiger partial charge in [0.1, 0.15) is 17.1 Å². The number of piperidine rings is 1. The molecule has 94 valence electrons. The Hall–Kier alpha value is -1.91. The predicted octanol–water partition coefficient (Wildman–Crippen LogP) is 2.38. The second-order valence-corrected chi connectivity index (χ2v) is 4.67. The molecule has 1 aromatic carbocycles. The van der Waals surface area contributed by atoms with Crippen molar-refractivity contribution in [2.24, 2.45) is 5.92 Å². The van der Waals surface area contributed by atoms with Gasteiger partial charge in [-0.25, -0.2) is 4.39 Å². The topological polar surface area (TPSA) is 46.3 Å². The molecule has 0 aliphatic carbocycles. The zero-order valence-electron chi connectivity index (χ0n) is 10.0. The van der Waals surface area contributed by atoms with E-state index in [1.807, 2.05) is 11.8 Å². The number of benzene rings is 1. The summed E-state index contributed by atoms with van der Waals surface area (Å²) in [5, 5.41) is 0. The number of hydrogen-bond acceptors (Lipinski definition) is 4. The highest BCUT2D eigenvalue weighted by molar-refractivity contribution is 5.83. The Bertz CT molecular complexity index is 608. The van der Waals surface area contributed by atoms with E-state index in [1.54, 1.807) is 6.07 Å². The summed E-state index contributed by atoms with van der Waals surface area (Å²) in [6, 6.07) is 4.73. The minimum atomic E-state index is -0.329. The fourth-order valence-electron chi connectivity index (χ4n) is 2.21. The smallest absolute Gasteiger partial charge is 0.298 e. The maximum atomic E-state index is 13.1. The Morgan fingerprint density at radius 2 is 2.33 bits per heavy atom. The first-order valence-electron chi connectivity index (χ1n) is 5.97. The van der Waals surface area contributed by atoms with Crippen LogP contribution in [-0.4, -0.2) is 23.9 Å². The van der Waals surface area contributed by atoms with E-state index >= 15 is 0 Å². The number of Topliss-reactive ketones (excluding diaryl/α,β-unsaturated/α-hetero) is 1. The predicted molar refractivity (Wildman–Crippen MR) is 65.0 cm³/mol. The van der Waals surface area contributed by atoms with Crippen molar-refractivity contribution in [1.29, 1.82) is 0 Å². The molecule has 1 aliphatic rings. The molecule has 1 unspecified atom stereocenters. The molecular weight excluding hydrogens is 235 g/mol. The number of ketones is 1. The molecule has 1 saturated heterocycles. The van der Waals surface area contributed by atoms with Crippen LogP contribution in [0.1, 0.15) is 13.3 Å². The number of halogens is 1. The second-order valence-electron chi connectivity index (χ2n) is 4.67. The van der Waals surface area contributed by atoms with E-state index in [9.17, 15) is 9.18 Å². The summed E-state index contributed by atoms with van der Waals surface area (Å²) in [5.74, 6) is -0.0663. The molecule has 0 radical (unpaired) electrons. The summed E-state index contributed by atoms with van der Waals surface area (Å²) in [6.45, 7) is 3.11. The minimum Gasteiger partial charge on any atom is -0.423 e. The SMILES string of the molecule is CC1CN(c2nc3cc(F)ccc3o2)CCC1=O. The second kappa shape index (κ2) is 4.08. The van der Waals surface area contributed by atoms with Gasteiger partial charge in [0.25, 0.3) is 6.01 Å². The lowest BCUT2D eigenvalue weighted by molar-refractivity contribution is -0.122. The van der Waals surface area contributed by atoms with Crippen LogP contribution in [0.4, 0.5) is 10.4 Å². The molecule has 1 aromatic heterocycles. The Labute approximate surface area is 103 Å². The van der Waals surface area contributed by atoms with Crippen molar-refractivity contribution >= 4 is 22.9 Å². The van der Waals surface area contributed by atoms with Gasteiger partial charge in [-0.2, -0.15) is 4.98 Å². The highest BCUT2D eigenvalue weighted by Gasteiger charge is 2.26. The Morgan fingerprint density at radius 3 is 3.11 bits per heavy atom. The quantitative estimate of drug-likeness (QED) is 0.777. The summed E-state index contributed by atoms with van der Waals surface area (Å²) in [4.78, 5) is 17.7. The maximum absolute atomic E-state index is 13.1. The highest BCUT2D eigenvalue weighted by atomic mass is 19.1. The van der Waals surface area contributed by atoms with Gasteiger partial charge in [0.05, 0.1) is 0 Å². The lowest BCUT2D eigenvalue weighted by atomic mass is 9.99. The Kier molecular flexibility index (Phi) is 2.54. The van der Waals surface area contributed by atoms with Crippen LogP contribution in [0.5, 0.6) is 0 Å². The fraction of sp³-hybridized carbons (Fsp3) is 0.385. The van der Waals surface area contributed by atoms with Crippen molar-refractivity contribution in [3.8, 4) is 0 Å². The van der Waals surface area contributed by atoms with Crippen LogP contribution in [0.15, 0.2) is 22.6 Å². The van der Waals surface area contributed by atoms with E-state index in [1.165, 1.54) is 12.1 Å². The molecule has 1 aliphatic heterocycles. The van der Waals surface area contributed by atoms with Crippen molar-refractivity contribution in [3.63, 3.8) is 0 Å². The van der Waals surface area contributed by atoms with Gasteiger partial charge in [-0.15, -0.1) is 0 Å². The third-order valence-electron chi connectivity index (χ3n) is 3.28. The number of anilines is 1. The van der Waals surface area contributed by atoms with Crippen LogP contribution in [0.25, 0.3) is 11.1 Å². The van der Waals surface area contributed by atoms with E-state index in [-0.39, 0.29) is 17.5 Å². The van der Waals surface area contributed by atoms with Gasteiger partial charge >= 0.3 is 0 Å². The summed E-state index contributed by atoms with van der Waals surface area (Å²) in [5.41, 5.74) is 1.07. The average Bonchev–Trinajstić information content (AvgIpc) is 2.75. The van der Waals surface area contributed by atoms with Crippen LogP contribution < -0.4 is 4.90 Å². The summed E-state index contributed by atoms with van der Waals surface area (Å²) in [7, 11) is 0. The van der Waals surface area contributed by atoms with Crippen LogP contribution in [0, 0.1) is 11.7 Å². The van der Waals surface area contributed by atoms with Gasteiger partial charge in [-0.3, -0.25) is 4.79 Å². The largest absolute Gasteiger partial charge is 0.423 e. The number of carbonyl (C=O) groups excluding carboxylic acids is 1. The van der Waals surface area contributed by atoms with Crippen molar-refractivity contribution in [3.05, 3.63) is 24.0 Å². The monoisotopic (exact) mass is 248 g/mol. The van der Waals surface area contributed by atoms with Gasteiger partial charge in [0, 0.05) is 31.5 Å². The van der Waals surface area contributed by atoms with E-state index in [2.05, 4.69) is 4.98 Å². The maximum Gasteiger partial charge on any atom is 0.298 e. The molecule has 0 spiro atoms. The molecule has 0 bridgehead atoms. The first-order valence-corrected chi connectivity index (χ1v) is 5.97. The first kappa shape index (κ1) is 11.2. The van der Waals surface area contributed by atoms with Crippen molar-refractivity contribution in [2.45, 2.75) is 13.3 Å². The normalized spacial score (nSPS) is 20.7. The number of fused-ring (bicyclic) bond motifs is 1. The third kappa shape index (κ3) is 1.85. The number of hydrogen-bond donors (Lipinski definition) is 0. The molecule has 1 fully saturated rings. The molecule has 2 heterocycles. The number of oxazole rings is 1.